The molecule has 0 spiro atoms. The molecule has 162 valence electrons. The summed E-state index contributed by atoms with van der Waals surface area (Å²) in [7, 11) is 0. The van der Waals surface area contributed by atoms with Crippen LogP contribution >= 0.6 is 0 Å². The number of imide groups is 1. The van der Waals surface area contributed by atoms with Gasteiger partial charge in [-0.3, -0.25) is 24.5 Å². The molecule has 4 amide bonds. The van der Waals surface area contributed by atoms with Gasteiger partial charge < -0.3 is 15.0 Å². The summed E-state index contributed by atoms with van der Waals surface area (Å²) in [5.74, 6) is -0.742. The van der Waals surface area contributed by atoms with Gasteiger partial charge >= 0.3 is 6.03 Å². The highest BCUT2D eigenvalue weighted by atomic mass is 19.1. The Balaban J connectivity index is 1.40. The number of hydrogen-bond acceptors (Lipinski definition) is 6. The number of urea groups is 1. The third-order valence-corrected chi connectivity index (χ3v) is 5.26. The molecule has 0 unspecified atom stereocenters. The number of morpholine rings is 1. The van der Waals surface area contributed by atoms with Gasteiger partial charge in [0.25, 0.3) is 0 Å². The van der Waals surface area contributed by atoms with Crippen LogP contribution in [0.3, 0.4) is 0 Å². The number of nitrogens with one attached hydrogen (secondary N) is 1. The molecule has 1 atom stereocenters. The Morgan fingerprint density at radius 3 is 2.87 bits per heavy atom. The molecule has 2 aromatic rings. The molecule has 0 bridgehead atoms. The Morgan fingerprint density at radius 1 is 1.26 bits per heavy atom. The monoisotopic (exact) mass is 427 g/mol. The second kappa shape index (κ2) is 9.17. The van der Waals surface area contributed by atoms with Gasteiger partial charge in [-0.1, -0.05) is 12.1 Å². The molecule has 1 N–H and O–H groups in total. The highest BCUT2D eigenvalue weighted by molar-refractivity contribution is 6.01. The van der Waals surface area contributed by atoms with Gasteiger partial charge in [-0.15, -0.1) is 0 Å². The first-order valence-electron chi connectivity index (χ1n) is 10.1. The number of rotatable bonds is 6. The second-order valence-corrected chi connectivity index (χ2v) is 7.31. The van der Waals surface area contributed by atoms with Crippen LogP contribution in [0.4, 0.5) is 9.18 Å². The van der Waals surface area contributed by atoms with Gasteiger partial charge in [0.2, 0.25) is 11.8 Å². The third kappa shape index (κ3) is 4.69. The van der Waals surface area contributed by atoms with E-state index in [4.69, 9.17) is 4.74 Å². The molecule has 2 aliphatic heterocycles. The zero-order valence-electron chi connectivity index (χ0n) is 16.8. The quantitative estimate of drug-likeness (QED) is 0.701. The maximum absolute atomic E-state index is 13.7. The zero-order chi connectivity index (χ0) is 21.8. The van der Waals surface area contributed by atoms with E-state index < -0.39 is 12.1 Å². The van der Waals surface area contributed by atoms with E-state index in [1.54, 1.807) is 23.2 Å². The fraction of sp³-hybridized carbons (Fsp3) is 0.381. The van der Waals surface area contributed by atoms with Crippen LogP contribution in [0, 0.1) is 5.82 Å². The fourth-order valence-corrected chi connectivity index (χ4v) is 3.71. The van der Waals surface area contributed by atoms with Gasteiger partial charge in [0.15, 0.2) is 0 Å². The molecule has 1 aromatic heterocycles. The molecule has 0 saturated carbocycles. The van der Waals surface area contributed by atoms with Crippen molar-refractivity contribution in [2.45, 2.75) is 18.9 Å². The van der Waals surface area contributed by atoms with Crippen molar-refractivity contribution >= 4 is 17.8 Å². The van der Waals surface area contributed by atoms with Crippen LogP contribution in [-0.4, -0.2) is 70.4 Å². The summed E-state index contributed by atoms with van der Waals surface area (Å²) >= 11 is 0. The van der Waals surface area contributed by atoms with Crippen molar-refractivity contribution < 1.29 is 23.5 Å². The van der Waals surface area contributed by atoms with Crippen molar-refractivity contribution in [2.75, 3.05) is 32.8 Å². The van der Waals surface area contributed by atoms with Crippen LogP contribution in [0.15, 0.2) is 36.7 Å². The van der Waals surface area contributed by atoms with Crippen LogP contribution in [0.1, 0.15) is 24.6 Å². The number of carbonyl (C=O) groups is 3. The Kier molecular flexibility index (Phi) is 6.17. The summed E-state index contributed by atoms with van der Waals surface area (Å²) in [6, 6.07) is 5.67. The normalized spacial score (nSPS) is 18.9. The van der Waals surface area contributed by atoms with E-state index in [2.05, 4.69) is 15.3 Å². The van der Waals surface area contributed by atoms with Crippen molar-refractivity contribution in [3.05, 3.63) is 48.2 Å². The molecule has 0 aliphatic carbocycles. The smallest absolute Gasteiger partial charge is 0.324 e. The second-order valence-electron chi connectivity index (χ2n) is 7.31. The molecule has 0 radical (unpaired) electrons. The molecule has 2 aliphatic rings. The van der Waals surface area contributed by atoms with Crippen molar-refractivity contribution in [1.82, 2.24) is 25.1 Å². The zero-order valence-corrected chi connectivity index (χ0v) is 16.8. The lowest BCUT2D eigenvalue weighted by atomic mass is 10.0. The van der Waals surface area contributed by atoms with Gasteiger partial charge in [0.05, 0.1) is 31.1 Å². The maximum atomic E-state index is 13.7. The summed E-state index contributed by atoms with van der Waals surface area (Å²) < 4.78 is 19.5. The summed E-state index contributed by atoms with van der Waals surface area (Å²) in [6.45, 7) is 1.28. The number of ether oxygens (including phenoxy) is 1. The molecule has 9 nitrogen and oxygen atoms in total. The fourth-order valence-electron chi connectivity index (χ4n) is 3.71. The van der Waals surface area contributed by atoms with Crippen molar-refractivity contribution in [3.8, 4) is 11.3 Å². The summed E-state index contributed by atoms with van der Waals surface area (Å²) in [5.41, 5.74) is 1.65. The van der Waals surface area contributed by atoms with Crippen LogP contribution in [0.2, 0.25) is 0 Å². The number of halogens is 1. The SMILES string of the molecule is O=C(CCCN1C(=O)CNC1=O)N1CCO[C@H](c2nccnc2-c2cccc(F)c2)C1. The molecule has 10 heteroatoms. The Morgan fingerprint density at radius 2 is 2.10 bits per heavy atom. The predicted octanol–water partition coefficient (Wildman–Crippen LogP) is 1.51. The van der Waals surface area contributed by atoms with E-state index in [-0.39, 0.29) is 37.1 Å². The van der Waals surface area contributed by atoms with Crippen LogP contribution in [0.5, 0.6) is 0 Å². The summed E-state index contributed by atoms with van der Waals surface area (Å²) in [5, 5.41) is 2.46. The first-order chi connectivity index (χ1) is 15.0. The average Bonchev–Trinajstić information content (AvgIpc) is 3.11. The number of aromatic nitrogens is 2. The van der Waals surface area contributed by atoms with Crippen molar-refractivity contribution in [1.29, 1.82) is 0 Å². The highest BCUT2D eigenvalue weighted by Crippen LogP contribution is 2.29. The maximum Gasteiger partial charge on any atom is 0.324 e. The van der Waals surface area contributed by atoms with Gasteiger partial charge in [0.1, 0.15) is 11.9 Å². The molecule has 2 fully saturated rings. The number of hydrogen-bond donors (Lipinski definition) is 1. The minimum Gasteiger partial charge on any atom is -0.368 e. The molecule has 3 heterocycles. The topological polar surface area (TPSA) is 105 Å². The van der Waals surface area contributed by atoms with E-state index in [0.29, 0.717) is 43.1 Å². The van der Waals surface area contributed by atoms with E-state index in [1.807, 2.05) is 0 Å². The number of carbonyl (C=O) groups excluding carboxylic acids is 3. The van der Waals surface area contributed by atoms with Crippen molar-refractivity contribution in [2.24, 2.45) is 0 Å². The van der Waals surface area contributed by atoms with Crippen LogP contribution in [0.25, 0.3) is 11.3 Å². The first kappa shape index (κ1) is 20.9. The summed E-state index contributed by atoms with van der Waals surface area (Å²) in [4.78, 5) is 47.5. The van der Waals surface area contributed by atoms with Crippen LogP contribution < -0.4 is 5.32 Å². The Hall–Kier alpha value is -3.40. The molecule has 1 aromatic carbocycles. The van der Waals surface area contributed by atoms with Gasteiger partial charge in [-0.05, 0) is 18.6 Å². The Bertz CT molecular complexity index is 985. The number of nitrogens with zero attached hydrogens (tertiary/aromatic N) is 4. The third-order valence-electron chi connectivity index (χ3n) is 5.26. The van der Waals surface area contributed by atoms with Gasteiger partial charge in [-0.2, -0.15) is 0 Å². The Labute approximate surface area is 178 Å². The van der Waals surface area contributed by atoms with E-state index >= 15 is 0 Å². The average molecular weight is 427 g/mol. The lowest BCUT2D eigenvalue weighted by Crippen LogP contribution is -2.43. The lowest BCUT2D eigenvalue weighted by Gasteiger charge is -2.33. The molecule has 2 saturated heterocycles. The minimum absolute atomic E-state index is 0.00365. The molecular weight excluding hydrogens is 405 g/mol. The van der Waals surface area contributed by atoms with E-state index in [0.717, 1.165) is 4.90 Å². The first-order valence-corrected chi connectivity index (χ1v) is 10.1. The highest BCUT2D eigenvalue weighted by Gasteiger charge is 2.30. The lowest BCUT2D eigenvalue weighted by molar-refractivity contribution is -0.139. The van der Waals surface area contributed by atoms with E-state index in [9.17, 15) is 18.8 Å². The standard InChI is InChI=1S/C21H22FN5O4/c22-15-4-1-3-14(11-15)19-20(24-7-6-23-19)16-13-26(9-10-31-16)17(28)5-2-8-27-18(29)12-25-21(27)30/h1,3-4,6-7,11,16H,2,5,8-10,12-13H2,(H,25,30)/t16-/m0/s1. The molecule has 31 heavy (non-hydrogen) atoms. The largest absolute Gasteiger partial charge is 0.368 e. The minimum atomic E-state index is -0.490. The number of benzene rings is 1. The van der Waals surface area contributed by atoms with Crippen LogP contribution in [-0.2, 0) is 14.3 Å². The predicted molar refractivity (Wildman–Crippen MR) is 107 cm³/mol. The van der Waals surface area contributed by atoms with E-state index in [1.165, 1.54) is 18.3 Å². The number of amides is 4. The molecular formula is C21H22FN5O4. The van der Waals surface area contributed by atoms with Gasteiger partial charge in [0, 0.05) is 37.5 Å². The summed E-state index contributed by atoms with van der Waals surface area (Å²) in [6.07, 6.45) is 3.18. The molecule has 4 rings (SSSR count). The van der Waals surface area contributed by atoms with Gasteiger partial charge in [-0.25, -0.2) is 9.18 Å². The van der Waals surface area contributed by atoms with Crippen molar-refractivity contribution in [3.63, 3.8) is 0 Å².